The molecule has 0 radical (unpaired) electrons. The number of hydrogen-bond acceptors (Lipinski definition) is 2. The monoisotopic (exact) mass is 272 g/mol. The van der Waals surface area contributed by atoms with Gasteiger partial charge in [0, 0.05) is 11.3 Å². The summed E-state index contributed by atoms with van der Waals surface area (Å²) in [5, 5.41) is 9.97. The predicted octanol–water partition coefficient (Wildman–Crippen LogP) is 2.91. The molecule has 1 amide bonds. The van der Waals surface area contributed by atoms with Crippen LogP contribution in [0.5, 0.6) is 0 Å². The molecule has 0 aliphatic rings. The number of nitrogens with one attached hydrogen (secondary N) is 3. The second-order valence-corrected chi connectivity index (χ2v) is 4.41. The normalized spacial score (nSPS) is 10.6. The minimum absolute atomic E-state index is 0.242. The van der Waals surface area contributed by atoms with Crippen LogP contribution in [0, 0.1) is 13.8 Å². The summed E-state index contributed by atoms with van der Waals surface area (Å²) < 4.78 is 0. The minimum atomic E-state index is -0.339. The Morgan fingerprint density at radius 2 is 2.12 bits per heavy atom. The summed E-state index contributed by atoms with van der Waals surface area (Å²) in [6, 6.07) is 1.47. The third-order valence-electron chi connectivity index (χ3n) is 2.45. The fourth-order valence-corrected chi connectivity index (χ4v) is 1.62. The lowest BCUT2D eigenvalue weighted by Crippen LogP contribution is -2.13. The molecular weight excluding hydrogens is 263 g/mol. The molecule has 0 spiro atoms. The van der Waals surface area contributed by atoms with E-state index in [1.807, 2.05) is 13.8 Å². The number of aromatic nitrogens is 3. The highest BCUT2D eigenvalue weighted by Gasteiger charge is 2.14. The van der Waals surface area contributed by atoms with E-state index in [1.165, 1.54) is 6.07 Å². The van der Waals surface area contributed by atoms with E-state index in [1.54, 1.807) is 0 Å². The Labute approximate surface area is 108 Å². The molecule has 7 heteroatoms. The van der Waals surface area contributed by atoms with E-state index in [0.717, 1.165) is 11.3 Å². The fourth-order valence-electron chi connectivity index (χ4n) is 1.31. The summed E-state index contributed by atoms with van der Waals surface area (Å²) in [6.07, 6.45) is 0. The smallest absolute Gasteiger partial charge is 0.273 e. The van der Waals surface area contributed by atoms with Crippen molar-refractivity contribution in [1.82, 2.24) is 15.2 Å². The molecule has 90 valence electrons. The van der Waals surface area contributed by atoms with Crippen molar-refractivity contribution in [3.05, 3.63) is 33.2 Å². The van der Waals surface area contributed by atoms with Gasteiger partial charge in [-0.25, -0.2) is 0 Å². The molecular formula is C10H10Cl2N4O. The van der Waals surface area contributed by atoms with Crippen LogP contribution in [0.15, 0.2) is 6.07 Å². The Hall–Kier alpha value is -1.46. The maximum absolute atomic E-state index is 11.8. The molecule has 0 atom stereocenters. The van der Waals surface area contributed by atoms with Crippen molar-refractivity contribution in [2.24, 2.45) is 0 Å². The zero-order chi connectivity index (χ0) is 12.6. The molecule has 3 N–H and O–H groups in total. The van der Waals surface area contributed by atoms with Crippen molar-refractivity contribution < 1.29 is 4.79 Å². The van der Waals surface area contributed by atoms with Gasteiger partial charge in [-0.2, -0.15) is 5.10 Å². The highest BCUT2D eigenvalue weighted by Crippen LogP contribution is 2.22. The lowest BCUT2D eigenvalue weighted by molar-refractivity contribution is 0.102. The zero-order valence-corrected chi connectivity index (χ0v) is 10.7. The molecule has 2 aromatic rings. The van der Waals surface area contributed by atoms with Crippen LogP contribution < -0.4 is 5.32 Å². The molecule has 0 bridgehead atoms. The number of amides is 1. The average molecular weight is 273 g/mol. The predicted molar refractivity (Wildman–Crippen MR) is 66.8 cm³/mol. The van der Waals surface area contributed by atoms with Crippen molar-refractivity contribution in [1.29, 1.82) is 0 Å². The van der Waals surface area contributed by atoms with Crippen LogP contribution in [0.2, 0.25) is 10.2 Å². The Balaban J connectivity index is 2.20. The van der Waals surface area contributed by atoms with Gasteiger partial charge in [0.25, 0.3) is 5.91 Å². The van der Waals surface area contributed by atoms with Crippen LogP contribution in [-0.4, -0.2) is 21.1 Å². The number of hydrogen-bond donors (Lipinski definition) is 3. The first-order chi connectivity index (χ1) is 7.99. The molecule has 0 saturated carbocycles. The van der Waals surface area contributed by atoms with Crippen LogP contribution in [-0.2, 0) is 0 Å². The first-order valence-corrected chi connectivity index (χ1v) is 5.61. The molecule has 2 rings (SSSR count). The number of aromatic amines is 2. The lowest BCUT2D eigenvalue weighted by atomic mass is 10.3. The van der Waals surface area contributed by atoms with Crippen molar-refractivity contribution in [3.8, 4) is 0 Å². The van der Waals surface area contributed by atoms with Gasteiger partial charge in [0.15, 0.2) is 5.82 Å². The maximum atomic E-state index is 11.8. The summed E-state index contributed by atoms with van der Waals surface area (Å²) in [6.45, 7) is 3.74. The largest absolute Gasteiger partial charge is 0.340 e. The number of carbonyl (C=O) groups is 1. The van der Waals surface area contributed by atoms with E-state index < -0.39 is 0 Å². The molecule has 0 fully saturated rings. The highest BCUT2D eigenvalue weighted by atomic mass is 35.5. The van der Waals surface area contributed by atoms with Gasteiger partial charge in [-0.1, -0.05) is 23.2 Å². The number of nitrogens with zero attached hydrogens (tertiary/aromatic N) is 1. The van der Waals surface area contributed by atoms with Gasteiger partial charge < -0.3 is 10.3 Å². The van der Waals surface area contributed by atoms with Gasteiger partial charge >= 0.3 is 0 Å². The fraction of sp³-hybridized carbons (Fsp3) is 0.200. The zero-order valence-electron chi connectivity index (χ0n) is 9.19. The van der Waals surface area contributed by atoms with Crippen molar-refractivity contribution >= 4 is 34.9 Å². The van der Waals surface area contributed by atoms with Gasteiger partial charge in [0.2, 0.25) is 0 Å². The molecule has 17 heavy (non-hydrogen) atoms. The third kappa shape index (κ3) is 2.30. The first-order valence-electron chi connectivity index (χ1n) is 4.86. The quantitative estimate of drug-likeness (QED) is 0.787. The second kappa shape index (κ2) is 4.43. The molecule has 5 nitrogen and oxygen atoms in total. The van der Waals surface area contributed by atoms with E-state index in [-0.39, 0.29) is 11.1 Å². The molecule has 2 aromatic heterocycles. The Bertz CT molecular complexity index is 553. The van der Waals surface area contributed by atoms with Crippen molar-refractivity contribution in [2.45, 2.75) is 13.8 Å². The van der Waals surface area contributed by atoms with Crippen LogP contribution in [0.3, 0.4) is 0 Å². The summed E-state index contributed by atoms with van der Waals surface area (Å²) >= 11 is 11.5. The standard InChI is InChI=1S/C10H10Cl2N4O/c1-4-5(2)15-16-9(4)14-10(17)7-3-6(11)8(12)13-7/h3,13H,1-2H3,(H2,14,15,16,17). The number of carbonyl (C=O) groups excluding carboxylic acids is 1. The Morgan fingerprint density at radius 3 is 2.59 bits per heavy atom. The van der Waals surface area contributed by atoms with Crippen LogP contribution in [0.1, 0.15) is 21.7 Å². The molecule has 0 aliphatic carbocycles. The lowest BCUT2D eigenvalue weighted by Gasteiger charge is -2.00. The van der Waals surface area contributed by atoms with Gasteiger partial charge in [-0.15, -0.1) is 0 Å². The van der Waals surface area contributed by atoms with Gasteiger partial charge in [0.05, 0.1) is 5.02 Å². The van der Waals surface area contributed by atoms with Crippen LogP contribution in [0.4, 0.5) is 5.82 Å². The van der Waals surface area contributed by atoms with E-state index in [0.29, 0.717) is 16.5 Å². The molecule has 0 unspecified atom stereocenters. The number of H-pyrrole nitrogens is 2. The van der Waals surface area contributed by atoms with Gasteiger partial charge in [-0.3, -0.25) is 9.89 Å². The minimum Gasteiger partial charge on any atom is -0.340 e. The second-order valence-electron chi connectivity index (χ2n) is 3.62. The third-order valence-corrected chi connectivity index (χ3v) is 3.15. The first kappa shape index (κ1) is 12.0. The molecule has 0 aromatic carbocycles. The van der Waals surface area contributed by atoms with Crippen LogP contribution in [0.25, 0.3) is 0 Å². The highest BCUT2D eigenvalue weighted by molar-refractivity contribution is 6.41. The van der Waals surface area contributed by atoms with Gasteiger partial charge in [0.1, 0.15) is 10.8 Å². The summed E-state index contributed by atoms with van der Waals surface area (Å²) in [5.41, 5.74) is 2.09. The molecule has 2 heterocycles. The van der Waals surface area contributed by atoms with E-state index in [9.17, 15) is 4.79 Å². The molecule has 0 saturated heterocycles. The van der Waals surface area contributed by atoms with E-state index >= 15 is 0 Å². The van der Waals surface area contributed by atoms with Crippen molar-refractivity contribution in [3.63, 3.8) is 0 Å². The topological polar surface area (TPSA) is 73.6 Å². The van der Waals surface area contributed by atoms with Gasteiger partial charge in [-0.05, 0) is 19.9 Å². The van der Waals surface area contributed by atoms with Crippen molar-refractivity contribution in [2.75, 3.05) is 5.32 Å². The summed E-state index contributed by atoms with van der Waals surface area (Å²) in [7, 11) is 0. The maximum Gasteiger partial charge on any atom is 0.273 e. The number of halogens is 2. The number of anilines is 1. The van der Waals surface area contributed by atoms with Crippen LogP contribution >= 0.6 is 23.2 Å². The van der Waals surface area contributed by atoms with E-state index in [4.69, 9.17) is 23.2 Å². The Kier molecular flexibility index (Phi) is 3.13. The SMILES string of the molecule is Cc1[nH]nc(NC(=O)c2cc(Cl)c(Cl)[nH]2)c1C. The summed E-state index contributed by atoms with van der Waals surface area (Å²) in [4.78, 5) is 14.5. The number of aryl methyl sites for hydroxylation is 1. The Morgan fingerprint density at radius 1 is 1.41 bits per heavy atom. The molecule has 0 aliphatic heterocycles. The summed E-state index contributed by atoms with van der Waals surface area (Å²) in [5.74, 6) is 0.155. The average Bonchev–Trinajstić information content (AvgIpc) is 2.77. The number of rotatable bonds is 2. The van der Waals surface area contributed by atoms with E-state index in [2.05, 4.69) is 20.5 Å².